The SMILES string of the molecule is CC(=O)N(C)Cc1cccc(NC(=O)NC[C@@H]2C[C@H]3CC[C@H]2C3)c1. The maximum atomic E-state index is 12.1. The Morgan fingerprint density at radius 2 is 2.08 bits per heavy atom. The van der Waals surface area contributed by atoms with Crippen molar-refractivity contribution in [2.45, 2.75) is 39.2 Å². The smallest absolute Gasteiger partial charge is 0.319 e. The van der Waals surface area contributed by atoms with Crippen LogP contribution in [0.5, 0.6) is 0 Å². The minimum Gasteiger partial charge on any atom is -0.342 e. The van der Waals surface area contributed by atoms with E-state index in [1.165, 1.54) is 25.7 Å². The largest absolute Gasteiger partial charge is 0.342 e. The molecule has 0 saturated heterocycles. The van der Waals surface area contributed by atoms with Crippen LogP contribution in [0.15, 0.2) is 24.3 Å². The highest BCUT2D eigenvalue weighted by molar-refractivity contribution is 5.89. The van der Waals surface area contributed by atoms with E-state index in [1.807, 2.05) is 24.3 Å². The third-order valence-corrected chi connectivity index (χ3v) is 5.55. The highest BCUT2D eigenvalue weighted by Gasteiger charge is 2.39. The van der Waals surface area contributed by atoms with Crippen molar-refractivity contribution in [3.05, 3.63) is 29.8 Å². The first kappa shape index (κ1) is 16.8. The molecule has 130 valence electrons. The van der Waals surface area contributed by atoms with E-state index in [0.29, 0.717) is 12.5 Å². The van der Waals surface area contributed by atoms with Gasteiger partial charge in [0, 0.05) is 32.7 Å². The molecular formula is C19H27N3O2. The maximum Gasteiger partial charge on any atom is 0.319 e. The second-order valence-electron chi connectivity index (χ2n) is 7.35. The number of urea groups is 1. The third-order valence-electron chi connectivity index (χ3n) is 5.55. The Hall–Kier alpha value is -2.04. The lowest BCUT2D eigenvalue weighted by molar-refractivity contribution is -0.128. The van der Waals surface area contributed by atoms with Crippen LogP contribution in [-0.4, -0.2) is 30.4 Å². The Labute approximate surface area is 143 Å². The van der Waals surface area contributed by atoms with Crippen LogP contribution in [0.1, 0.15) is 38.2 Å². The number of nitrogens with one attached hydrogen (secondary N) is 2. The molecule has 0 heterocycles. The normalized spacial score (nSPS) is 24.7. The molecule has 2 N–H and O–H groups in total. The molecule has 1 aromatic carbocycles. The number of benzene rings is 1. The topological polar surface area (TPSA) is 61.4 Å². The number of fused-ring (bicyclic) bond motifs is 2. The molecule has 3 rings (SSSR count). The van der Waals surface area contributed by atoms with E-state index in [0.717, 1.165) is 29.6 Å². The monoisotopic (exact) mass is 329 g/mol. The van der Waals surface area contributed by atoms with Crippen molar-refractivity contribution in [1.29, 1.82) is 0 Å². The Morgan fingerprint density at radius 1 is 1.25 bits per heavy atom. The van der Waals surface area contributed by atoms with E-state index < -0.39 is 0 Å². The molecule has 24 heavy (non-hydrogen) atoms. The molecule has 2 aliphatic rings. The number of amides is 3. The molecule has 0 aliphatic heterocycles. The summed E-state index contributed by atoms with van der Waals surface area (Å²) in [6.07, 6.45) is 5.36. The second kappa shape index (κ2) is 7.24. The zero-order valence-electron chi connectivity index (χ0n) is 14.5. The molecule has 2 aliphatic carbocycles. The Balaban J connectivity index is 1.48. The van der Waals surface area contributed by atoms with Crippen LogP contribution in [0.4, 0.5) is 10.5 Å². The van der Waals surface area contributed by atoms with E-state index in [9.17, 15) is 9.59 Å². The molecule has 3 atom stereocenters. The summed E-state index contributed by atoms with van der Waals surface area (Å²) in [4.78, 5) is 25.1. The van der Waals surface area contributed by atoms with Gasteiger partial charge in [-0.3, -0.25) is 4.79 Å². The summed E-state index contributed by atoms with van der Waals surface area (Å²) in [5.41, 5.74) is 1.76. The van der Waals surface area contributed by atoms with Crippen LogP contribution < -0.4 is 10.6 Å². The van der Waals surface area contributed by atoms with Crippen molar-refractivity contribution >= 4 is 17.6 Å². The van der Waals surface area contributed by atoms with E-state index in [1.54, 1.807) is 18.9 Å². The van der Waals surface area contributed by atoms with Gasteiger partial charge in [-0.25, -0.2) is 4.79 Å². The summed E-state index contributed by atoms with van der Waals surface area (Å²) >= 11 is 0. The molecule has 2 bridgehead atoms. The first-order chi connectivity index (χ1) is 11.5. The van der Waals surface area contributed by atoms with Gasteiger partial charge in [0.05, 0.1) is 0 Å². The number of carbonyl (C=O) groups is 2. The molecule has 0 radical (unpaired) electrons. The standard InChI is InChI=1S/C19H27N3O2/c1-13(23)22(2)12-15-4-3-5-18(10-15)21-19(24)20-11-17-9-14-6-7-16(17)8-14/h3-5,10,14,16-17H,6-9,11-12H2,1-2H3,(H2,20,21,24)/t14-,16-,17-/m0/s1. The van der Waals surface area contributed by atoms with Gasteiger partial charge in [-0.05, 0) is 54.7 Å². The minimum absolute atomic E-state index is 0.0250. The quantitative estimate of drug-likeness (QED) is 0.871. The summed E-state index contributed by atoms with van der Waals surface area (Å²) in [6, 6.07) is 7.49. The van der Waals surface area contributed by atoms with Crippen LogP contribution in [0.25, 0.3) is 0 Å². The molecule has 2 fully saturated rings. The van der Waals surface area contributed by atoms with E-state index in [2.05, 4.69) is 10.6 Å². The van der Waals surface area contributed by atoms with Crippen molar-refractivity contribution in [2.24, 2.45) is 17.8 Å². The van der Waals surface area contributed by atoms with Crippen molar-refractivity contribution < 1.29 is 9.59 Å². The molecular weight excluding hydrogens is 302 g/mol. The van der Waals surface area contributed by atoms with Gasteiger partial charge >= 0.3 is 6.03 Å². The fourth-order valence-electron chi connectivity index (χ4n) is 4.16. The maximum absolute atomic E-state index is 12.1. The molecule has 5 heteroatoms. The van der Waals surface area contributed by atoms with Crippen molar-refractivity contribution in [3.63, 3.8) is 0 Å². The van der Waals surface area contributed by atoms with Gasteiger partial charge in [-0.2, -0.15) is 0 Å². The first-order valence-electron chi connectivity index (χ1n) is 8.86. The third kappa shape index (κ3) is 4.08. The van der Waals surface area contributed by atoms with Crippen LogP contribution in [0.2, 0.25) is 0 Å². The predicted molar refractivity (Wildman–Crippen MR) is 94.5 cm³/mol. The molecule has 3 amide bonds. The van der Waals surface area contributed by atoms with E-state index >= 15 is 0 Å². The predicted octanol–water partition coefficient (Wildman–Crippen LogP) is 3.22. The average molecular weight is 329 g/mol. The van der Waals surface area contributed by atoms with Crippen LogP contribution in [0.3, 0.4) is 0 Å². The number of rotatable bonds is 5. The molecule has 2 saturated carbocycles. The highest BCUT2D eigenvalue weighted by Crippen LogP contribution is 2.47. The van der Waals surface area contributed by atoms with Gasteiger partial charge < -0.3 is 15.5 Å². The highest BCUT2D eigenvalue weighted by atomic mass is 16.2. The number of anilines is 1. The molecule has 1 aromatic rings. The Kier molecular flexibility index (Phi) is 5.07. The summed E-state index contributed by atoms with van der Waals surface area (Å²) in [5, 5.41) is 5.92. The number of hydrogen-bond acceptors (Lipinski definition) is 2. The fourth-order valence-corrected chi connectivity index (χ4v) is 4.16. The molecule has 0 unspecified atom stereocenters. The molecule has 0 aromatic heterocycles. The van der Waals surface area contributed by atoms with Crippen LogP contribution in [0, 0.1) is 17.8 Å². The number of nitrogens with zero attached hydrogens (tertiary/aromatic N) is 1. The fraction of sp³-hybridized carbons (Fsp3) is 0.579. The van der Waals surface area contributed by atoms with Crippen molar-refractivity contribution in [3.8, 4) is 0 Å². The van der Waals surface area contributed by atoms with Gasteiger partial charge in [0.15, 0.2) is 0 Å². The zero-order valence-corrected chi connectivity index (χ0v) is 14.5. The average Bonchev–Trinajstić information content (AvgIpc) is 3.16. The van der Waals surface area contributed by atoms with Gasteiger partial charge in [0.2, 0.25) is 5.91 Å². The van der Waals surface area contributed by atoms with Gasteiger partial charge in [-0.1, -0.05) is 18.6 Å². The van der Waals surface area contributed by atoms with Crippen LogP contribution >= 0.6 is 0 Å². The second-order valence-corrected chi connectivity index (χ2v) is 7.35. The lowest BCUT2D eigenvalue weighted by Gasteiger charge is -2.22. The van der Waals surface area contributed by atoms with Crippen molar-refractivity contribution in [2.75, 3.05) is 18.9 Å². The summed E-state index contributed by atoms with van der Waals surface area (Å²) in [7, 11) is 1.77. The summed E-state index contributed by atoms with van der Waals surface area (Å²) < 4.78 is 0. The number of carbonyl (C=O) groups excluding carboxylic acids is 2. The van der Waals surface area contributed by atoms with E-state index in [-0.39, 0.29) is 11.9 Å². The van der Waals surface area contributed by atoms with E-state index in [4.69, 9.17) is 0 Å². The molecule has 0 spiro atoms. The van der Waals surface area contributed by atoms with Gasteiger partial charge in [-0.15, -0.1) is 0 Å². The zero-order chi connectivity index (χ0) is 17.1. The van der Waals surface area contributed by atoms with Crippen molar-refractivity contribution in [1.82, 2.24) is 10.2 Å². The van der Waals surface area contributed by atoms with Gasteiger partial charge in [0.1, 0.15) is 0 Å². The summed E-state index contributed by atoms with van der Waals surface area (Å²) in [6.45, 7) is 2.86. The Bertz CT molecular complexity index is 616. The first-order valence-corrected chi connectivity index (χ1v) is 8.86. The van der Waals surface area contributed by atoms with Gasteiger partial charge in [0.25, 0.3) is 0 Å². The minimum atomic E-state index is -0.144. The lowest BCUT2D eigenvalue weighted by atomic mass is 9.89. The molecule has 5 nitrogen and oxygen atoms in total. The van der Waals surface area contributed by atoms with Crippen LogP contribution in [-0.2, 0) is 11.3 Å². The summed E-state index contributed by atoms with van der Waals surface area (Å²) in [5.74, 6) is 2.41. The Morgan fingerprint density at radius 3 is 2.75 bits per heavy atom. The number of hydrogen-bond donors (Lipinski definition) is 2. The lowest BCUT2D eigenvalue weighted by Crippen LogP contribution is -2.34.